The molecule has 0 fully saturated rings. The standard InChI is InChI=1S/C31H28N8O3/c1-4-41-24-13-19(29(40)36-25-7-5-6-10-33-25)8-9-21(24)26-28-27(34-11-12-37(28)17-35-26)22-16-39-20(14-23(22)32)15-38(18(2)3)30-31(39)42-30/h5-18H,4,32H2,1-3H3,(H,33,36,40). The third kappa shape index (κ3) is 4.22. The number of amides is 1. The summed E-state index contributed by atoms with van der Waals surface area (Å²) in [4.78, 5) is 26.7. The number of fused-ring (bicyclic) bond motifs is 3. The topological polar surface area (TPSA) is 130 Å². The molecule has 0 spiro atoms. The first-order valence-electron chi connectivity index (χ1n) is 13.7. The predicted molar refractivity (Wildman–Crippen MR) is 159 cm³/mol. The normalized spacial score (nSPS) is 11.7. The van der Waals surface area contributed by atoms with Crippen molar-refractivity contribution in [3.05, 3.63) is 96.4 Å². The van der Waals surface area contributed by atoms with Gasteiger partial charge in [0.1, 0.15) is 29.3 Å². The van der Waals surface area contributed by atoms with Crippen LogP contribution in [0.2, 0.25) is 0 Å². The lowest BCUT2D eigenvalue weighted by atomic mass is 10.0. The zero-order valence-electron chi connectivity index (χ0n) is 23.3. The van der Waals surface area contributed by atoms with E-state index in [1.165, 1.54) is 0 Å². The van der Waals surface area contributed by atoms with Gasteiger partial charge in [-0.3, -0.25) is 14.2 Å². The SMILES string of the molecule is CCOc1cc(C(=O)Nc2ccccn2)ccc1-c1ncn2ccnc(-c3cn4c5oc=5n(C(C)C)cc4cc3N)c12. The van der Waals surface area contributed by atoms with Crippen molar-refractivity contribution in [3.63, 3.8) is 0 Å². The Morgan fingerprint density at radius 1 is 1.02 bits per heavy atom. The summed E-state index contributed by atoms with van der Waals surface area (Å²) in [5.41, 5.74) is 13.7. The number of benzene rings is 1. The van der Waals surface area contributed by atoms with Crippen LogP contribution in [0.4, 0.5) is 11.5 Å². The third-order valence-corrected chi connectivity index (χ3v) is 7.18. The van der Waals surface area contributed by atoms with Crippen LogP contribution in [-0.4, -0.2) is 40.8 Å². The van der Waals surface area contributed by atoms with Crippen LogP contribution in [0.25, 0.3) is 33.5 Å². The van der Waals surface area contributed by atoms with Gasteiger partial charge in [-0.05, 0) is 57.2 Å². The number of ether oxygens (including phenoxy) is 1. The Morgan fingerprint density at radius 3 is 2.67 bits per heavy atom. The molecular weight excluding hydrogens is 532 g/mol. The predicted octanol–water partition coefficient (Wildman–Crippen LogP) is 5.64. The minimum atomic E-state index is -0.291. The molecule has 0 saturated carbocycles. The lowest BCUT2D eigenvalue weighted by Crippen LogP contribution is -2.13. The fourth-order valence-electron chi connectivity index (χ4n) is 5.13. The molecule has 0 saturated heterocycles. The number of nitrogens with zero attached hydrogens (tertiary/aromatic N) is 6. The van der Waals surface area contributed by atoms with Crippen LogP contribution >= 0.6 is 0 Å². The van der Waals surface area contributed by atoms with Crippen molar-refractivity contribution >= 4 is 28.4 Å². The lowest BCUT2D eigenvalue weighted by Gasteiger charge is -2.14. The highest BCUT2D eigenvalue weighted by molar-refractivity contribution is 6.05. The van der Waals surface area contributed by atoms with Crippen LogP contribution in [0.1, 0.15) is 37.2 Å². The average molecular weight is 561 g/mol. The van der Waals surface area contributed by atoms with Crippen molar-refractivity contribution in [2.24, 2.45) is 0 Å². The van der Waals surface area contributed by atoms with Crippen LogP contribution < -0.4 is 15.8 Å². The molecule has 4 aromatic heterocycles. The van der Waals surface area contributed by atoms with Gasteiger partial charge in [0.05, 0.1) is 17.6 Å². The summed E-state index contributed by atoms with van der Waals surface area (Å²) >= 11 is 0. The number of aromatic nitrogens is 6. The summed E-state index contributed by atoms with van der Waals surface area (Å²) in [7, 11) is 0. The van der Waals surface area contributed by atoms with Crippen LogP contribution in [0.15, 0.2) is 84.2 Å². The van der Waals surface area contributed by atoms with Gasteiger partial charge in [0, 0.05) is 59.4 Å². The smallest absolute Gasteiger partial charge is 0.268 e. The van der Waals surface area contributed by atoms with Crippen LogP contribution in [-0.2, 0) is 0 Å². The Bertz CT molecular complexity index is 2150. The van der Waals surface area contributed by atoms with Crippen molar-refractivity contribution < 1.29 is 13.9 Å². The second kappa shape index (κ2) is 9.81. The van der Waals surface area contributed by atoms with Gasteiger partial charge in [0.15, 0.2) is 0 Å². The van der Waals surface area contributed by atoms with Crippen molar-refractivity contribution in [2.45, 2.75) is 26.8 Å². The Kier molecular flexibility index (Phi) is 5.93. The number of anilines is 2. The number of nitrogen functional groups attached to an aromatic ring is 1. The van der Waals surface area contributed by atoms with E-state index in [9.17, 15) is 4.79 Å². The summed E-state index contributed by atoms with van der Waals surface area (Å²) in [5, 5.41) is 2.82. The minimum Gasteiger partial charge on any atom is -0.493 e. The summed E-state index contributed by atoms with van der Waals surface area (Å²) in [6.45, 7) is 6.52. The number of pyridine rings is 2. The molecular formula is C31H28N8O3. The third-order valence-electron chi connectivity index (χ3n) is 7.18. The Morgan fingerprint density at radius 2 is 1.88 bits per heavy atom. The first-order valence-corrected chi connectivity index (χ1v) is 13.7. The molecule has 0 bridgehead atoms. The number of nitrogens with one attached hydrogen (secondary N) is 1. The van der Waals surface area contributed by atoms with Gasteiger partial charge in [-0.15, -0.1) is 0 Å². The quantitative estimate of drug-likeness (QED) is 0.258. The molecule has 3 N–H and O–H groups in total. The van der Waals surface area contributed by atoms with Crippen molar-refractivity contribution in [2.75, 3.05) is 17.7 Å². The number of nitrogens with two attached hydrogens (primary N) is 1. The van der Waals surface area contributed by atoms with Gasteiger partial charge in [-0.25, -0.2) is 9.97 Å². The lowest BCUT2D eigenvalue weighted by molar-refractivity contribution is 0.102. The molecule has 0 radical (unpaired) electrons. The van der Waals surface area contributed by atoms with E-state index in [1.807, 2.05) is 52.5 Å². The number of hydrogen-bond acceptors (Lipinski definition) is 7. The largest absolute Gasteiger partial charge is 0.493 e. The fourth-order valence-corrected chi connectivity index (χ4v) is 5.13. The number of rotatable bonds is 7. The molecule has 42 heavy (non-hydrogen) atoms. The highest BCUT2D eigenvalue weighted by Gasteiger charge is 2.22. The Balaban J connectivity index is 1.35. The summed E-state index contributed by atoms with van der Waals surface area (Å²) < 4.78 is 17.8. The molecule has 0 aliphatic carbocycles. The second-order valence-corrected chi connectivity index (χ2v) is 10.2. The van der Waals surface area contributed by atoms with E-state index in [2.05, 4.69) is 28.7 Å². The Hall–Kier alpha value is -5.58. The number of hydrogen-bond donors (Lipinski definition) is 2. The molecule has 2 aliphatic rings. The molecule has 6 heterocycles. The maximum Gasteiger partial charge on any atom is 0.268 e. The molecule has 1 amide bonds. The maximum absolute atomic E-state index is 13.0. The van der Waals surface area contributed by atoms with E-state index in [4.69, 9.17) is 24.9 Å². The highest BCUT2D eigenvalue weighted by Crippen LogP contribution is 2.38. The van der Waals surface area contributed by atoms with Crippen molar-refractivity contribution in [1.82, 2.24) is 28.3 Å². The van der Waals surface area contributed by atoms with Gasteiger partial charge in [-0.1, -0.05) is 6.07 Å². The van der Waals surface area contributed by atoms with Crippen molar-refractivity contribution in [1.29, 1.82) is 0 Å². The zero-order valence-corrected chi connectivity index (χ0v) is 23.3. The van der Waals surface area contributed by atoms with E-state index < -0.39 is 0 Å². The molecule has 210 valence electrons. The molecule has 5 aromatic rings. The van der Waals surface area contributed by atoms with Gasteiger partial charge < -0.3 is 29.2 Å². The molecule has 11 nitrogen and oxygen atoms in total. The average Bonchev–Trinajstić information content (AvgIpc) is 3.68. The first-order chi connectivity index (χ1) is 20.4. The highest BCUT2D eigenvalue weighted by atomic mass is 16.5. The maximum atomic E-state index is 13.0. The van der Waals surface area contributed by atoms with Crippen LogP contribution in [0.3, 0.4) is 0 Å². The molecule has 11 heteroatoms. The van der Waals surface area contributed by atoms with E-state index in [0.29, 0.717) is 40.8 Å². The molecule has 1 aromatic carbocycles. The molecule has 7 rings (SSSR count). The minimum absolute atomic E-state index is 0.254. The van der Waals surface area contributed by atoms with Gasteiger partial charge in [-0.2, -0.15) is 0 Å². The summed E-state index contributed by atoms with van der Waals surface area (Å²) in [6, 6.07) is 12.8. The van der Waals surface area contributed by atoms with E-state index in [1.54, 1.807) is 43.0 Å². The van der Waals surface area contributed by atoms with Crippen LogP contribution in [0.5, 0.6) is 5.75 Å². The molecule has 0 unspecified atom stereocenters. The zero-order chi connectivity index (χ0) is 29.0. The fraction of sp³-hybridized carbons (Fsp3) is 0.161. The van der Waals surface area contributed by atoms with E-state index >= 15 is 0 Å². The number of carbonyl (C=O) groups excluding carboxylic acids is 1. The second-order valence-electron chi connectivity index (χ2n) is 10.2. The number of carbonyl (C=O) groups is 1. The number of imidazole rings is 1. The van der Waals surface area contributed by atoms with E-state index in [-0.39, 0.29) is 11.9 Å². The van der Waals surface area contributed by atoms with Gasteiger partial charge in [0.25, 0.3) is 17.0 Å². The summed E-state index contributed by atoms with van der Waals surface area (Å²) in [6.07, 6.45) is 10.9. The van der Waals surface area contributed by atoms with Gasteiger partial charge in [0.2, 0.25) is 0 Å². The monoisotopic (exact) mass is 560 g/mol. The first kappa shape index (κ1) is 25.4. The van der Waals surface area contributed by atoms with Gasteiger partial charge >= 0.3 is 0 Å². The van der Waals surface area contributed by atoms with Crippen molar-refractivity contribution in [3.8, 4) is 28.3 Å². The molecule has 2 aliphatic heterocycles. The Labute approximate surface area is 239 Å². The van der Waals surface area contributed by atoms with E-state index in [0.717, 1.165) is 33.3 Å². The van der Waals surface area contributed by atoms with Crippen LogP contribution in [0, 0.1) is 11.1 Å². The molecule has 0 atom stereocenters. The summed E-state index contributed by atoms with van der Waals surface area (Å²) in [5.74, 6) is 0.703.